The largest absolute Gasteiger partial charge is 0.426 e. The third-order valence-corrected chi connectivity index (χ3v) is 7.68. The quantitative estimate of drug-likeness (QED) is 0.243. The van der Waals surface area contributed by atoms with E-state index in [1.54, 1.807) is 0 Å². The van der Waals surface area contributed by atoms with Gasteiger partial charge in [0, 0.05) is 53.1 Å². The number of nitrogens with zero attached hydrogens (tertiary/aromatic N) is 2. The molecule has 34 heavy (non-hydrogen) atoms. The summed E-state index contributed by atoms with van der Waals surface area (Å²) >= 11 is 6.31. The van der Waals surface area contributed by atoms with Crippen molar-refractivity contribution in [2.24, 2.45) is 5.92 Å². The summed E-state index contributed by atoms with van der Waals surface area (Å²) in [7, 11) is 2.09. The number of carbonyl (C=O) groups is 1. The third kappa shape index (κ3) is 4.65. The maximum Gasteiger partial charge on any atom is 0.314 e. The number of allylic oxidation sites excluding steroid dienone is 1. The lowest BCUT2D eigenvalue weighted by molar-refractivity contribution is -0.401. The second-order valence-electron chi connectivity index (χ2n) is 9.86. The smallest absolute Gasteiger partial charge is 0.314 e. The number of hydrogen-bond donors (Lipinski definition) is 0. The molecule has 1 heterocycles. The molecule has 0 bridgehead atoms. The molecule has 1 aliphatic carbocycles. The molecule has 1 aliphatic heterocycles. The Hall–Kier alpha value is -2.59. The lowest BCUT2D eigenvalue weighted by Gasteiger charge is -2.22. The van der Waals surface area contributed by atoms with Crippen molar-refractivity contribution in [3.63, 3.8) is 0 Å². The number of carbonyl (C=O) groups excluding carboxylic acids is 1. The van der Waals surface area contributed by atoms with Crippen LogP contribution in [0.25, 0.3) is 6.08 Å². The van der Waals surface area contributed by atoms with E-state index >= 15 is 0 Å². The van der Waals surface area contributed by atoms with Crippen molar-refractivity contribution in [3.8, 4) is 5.75 Å². The van der Waals surface area contributed by atoms with Crippen LogP contribution in [0.3, 0.4) is 0 Å². The Labute approximate surface area is 208 Å². The van der Waals surface area contributed by atoms with E-state index in [9.17, 15) is 4.79 Å². The van der Waals surface area contributed by atoms with E-state index in [4.69, 9.17) is 16.3 Å². The van der Waals surface area contributed by atoms with E-state index in [0.29, 0.717) is 5.75 Å². The van der Waals surface area contributed by atoms with Crippen molar-refractivity contribution in [2.45, 2.75) is 58.8 Å². The Kier molecular flexibility index (Phi) is 7.18. The summed E-state index contributed by atoms with van der Waals surface area (Å²) in [5, 5.41) is 0.749. The minimum Gasteiger partial charge on any atom is -0.426 e. The van der Waals surface area contributed by atoms with Crippen LogP contribution in [0.4, 0.5) is 11.4 Å². The molecule has 5 heteroatoms. The maximum absolute atomic E-state index is 12.9. The molecule has 0 radical (unpaired) electrons. The lowest BCUT2D eigenvalue weighted by Crippen LogP contribution is -2.26. The van der Waals surface area contributed by atoms with Crippen molar-refractivity contribution >= 4 is 40.7 Å². The number of halogens is 1. The van der Waals surface area contributed by atoms with E-state index in [2.05, 4.69) is 80.6 Å². The van der Waals surface area contributed by atoms with Gasteiger partial charge >= 0.3 is 5.97 Å². The molecule has 0 atom stereocenters. The highest BCUT2D eigenvalue weighted by Gasteiger charge is 2.43. The van der Waals surface area contributed by atoms with Crippen LogP contribution in [-0.4, -0.2) is 36.4 Å². The molecule has 0 saturated heterocycles. The molecule has 2 aliphatic rings. The van der Waals surface area contributed by atoms with E-state index in [1.165, 1.54) is 17.0 Å². The second kappa shape index (κ2) is 9.95. The van der Waals surface area contributed by atoms with Gasteiger partial charge in [0.25, 0.3) is 0 Å². The van der Waals surface area contributed by atoms with Gasteiger partial charge in [0.2, 0.25) is 5.69 Å². The highest BCUT2D eigenvalue weighted by atomic mass is 35.5. The number of benzene rings is 2. The molecule has 4 nitrogen and oxygen atoms in total. The molecule has 180 valence electrons. The van der Waals surface area contributed by atoms with Crippen molar-refractivity contribution in [3.05, 3.63) is 58.6 Å². The average Bonchev–Trinajstić information content (AvgIpc) is 3.41. The summed E-state index contributed by atoms with van der Waals surface area (Å²) in [6.45, 7) is 10.5. The van der Waals surface area contributed by atoms with Gasteiger partial charge < -0.3 is 9.64 Å². The van der Waals surface area contributed by atoms with E-state index in [1.807, 2.05) is 12.1 Å². The fourth-order valence-electron chi connectivity index (χ4n) is 5.37. The zero-order valence-corrected chi connectivity index (χ0v) is 21.8. The molecule has 4 rings (SSSR count). The zero-order chi connectivity index (χ0) is 24.5. The molecule has 0 spiro atoms. The van der Waals surface area contributed by atoms with Crippen LogP contribution < -0.4 is 9.64 Å². The van der Waals surface area contributed by atoms with Crippen LogP contribution in [0, 0.1) is 5.92 Å². The summed E-state index contributed by atoms with van der Waals surface area (Å²) in [5.74, 6) is 0.552. The lowest BCUT2D eigenvalue weighted by atomic mass is 9.81. The van der Waals surface area contributed by atoms with Crippen LogP contribution in [0.2, 0.25) is 5.02 Å². The Morgan fingerprint density at radius 1 is 1.12 bits per heavy atom. The summed E-state index contributed by atoms with van der Waals surface area (Å²) in [4.78, 5) is 15.2. The normalized spacial score (nSPS) is 17.5. The van der Waals surface area contributed by atoms with Crippen molar-refractivity contribution in [1.82, 2.24) is 0 Å². The standard InChI is InChI=1S/C29H36ClN2O2/c1-6-32(7-2)23-15-12-20(26(19-23)34-28(33)21-10-8-9-11-21)13-17-27-29(3,4)24-18-22(30)14-16-25(24)31(27)5/h12-19,21H,6-11H2,1-5H3/q+1. The number of anilines is 1. The van der Waals surface area contributed by atoms with Crippen LogP contribution in [0.15, 0.2) is 42.5 Å². The third-order valence-electron chi connectivity index (χ3n) is 7.44. The van der Waals surface area contributed by atoms with Crippen molar-refractivity contribution < 1.29 is 14.1 Å². The van der Waals surface area contributed by atoms with Gasteiger partial charge in [-0.3, -0.25) is 4.79 Å². The van der Waals surface area contributed by atoms with Gasteiger partial charge in [-0.25, -0.2) is 0 Å². The first-order valence-electron chi connectivity index (χ1n) is 12.5. The van der Waals surface area contributed by atoms with E-state index in [-0.39, 0.29) is 17.3 Å². The fourth-order valence-corrected chi connectivity index (χ4v) is 5.54. The predicted octanol–water partition coefficient (Wildman–Crippen LogP) is 7.00. The monoisotopic (exact) mass is 479 g/mol. The molecule has 0 amide bonds. The molecule has 0 unspecified atom stereocenters. The Morgan fingerprint density at radius 3 is 2.50 bits per heavy atom. The molecular weight excluding hydrogens is 444 g/mol. The van der Waals surface area contributed by atoms with E-state index in [0.717, 1.165) is 55.0 Å². The van der Waals surface area contributed by atoms with Gasteiger partial charge in [-0.15, -0.1) is 0 Å². The van der Waals surface area contributed by atoms with Gasteiger partial charge in [-0.05, 0) is 70.9 Å². The van der Waals surface area contributed by atoms with Crippen LogP contribution in [0.1, 0.15) is 64.5 Å². The minimum absolute atomic E-state index is 0.0162. The van der Waals surface area contributed by atoms with E-state index < -0.39 is 0 Å². The molecule has 0 aromatic heterocycles. The second-order valence-corrected chi connectivity index (χ2v) is 10.3. The van der Waals surface area contributed by atoms with Gasteiger partial charge in [0.15, 0.2) is 5.71 Å². The van der Waals surface area contributed by atoms with Crippen LogP contribution in [0.5, 0.6) is 5.75 Å². The van der Waals surface area contributed by atoms with Crippen LogP contribution >= 0.6 is 11.6 Å². The predicted molar refractivity (Wildman–Crippen MR) is 142 cm³/mol. The SMILES string of the molecule is CCN(CC)c1ccc(/C=C/C2=[N+](C)c3ccc(Cl)cc3C2(C)C)c(OC(=O)C2CCCC2)c1. The highest BCUT2D eigenvalue weighted by Crippen LogP contribution is 2.41. The molecule has 1 saturated carbocycles. The fraction of sp³-hybridized carbons (Fsp3) is 0.448. The molecule has 1 fully saturated rings. The topological polar surface area (TPSA) is 32.5 Å². The van der Waals surface area contributed by atoms with Gasteiger partial charge in [0.1, 0.15) is 12.8 Å². The first-order valence-corrected chi connectivity index (χ1v) is 12.8. The van der Waals surface area contributed by atoms with Gasteiger partial charge in [-0.2, -0.15) is 4.58 Å². The number of rotatable bonds is 7. The first kappa shape index (κ1) is 24.5. The number of ether oxygens (including phenoxy) is 1. The number of hydrogen-bond acceptors (Lipinski definition) is 3. The highest BCUT2D eigenvalue weighted by molar-refractivity contribution is 6.30. The maximum atomic E-state index is 12.9. The Bertz CT molecular complexity index is 1140. The van der Waals surface area contributed by atoms with Gasteiger partial charge in [0.05, 0.1) is 11.3 Å². The minimum atomic E-state index is -0.187. The zero-order valence-electron chi connectivity index (χ0n) is 21.0. The van der Waals surface area contributed by atoms with Crippen molar-refractivity contribution in [1.29, 1.82) is 0 Å². The number of esters is 1. The first-order chi connectivity index (χ1) is 16.3. The summed E-state index contributed by atoms with van der Waals surface area (Å²) < 4.78 is 8.24. The van der Waals surface area contributed by atoms with Crippen LogP contribution in [-0.2, 0) is 10.2 Å². The van der Waals surface area contributed by atoms with Crippen molar-refractivity contribution in [2.75, 3.05) is 25.0 Å². The summed E-state index contributed by atoms with van der Waals surface area (Å²) in [5.41, 5.74) is 5.35. The molecular formula is C29H36ClN2O2+. The molecule has 2 aromatic carbocycles. The van der Waals surface area contributed by atoms with Gasteiger partial charge in [-0.1, -0.05) is 24.4 Å². The molecule has 0 N–H and O–H groups in total. The average molecular weight is 480 g/mol. The summed E-state index contributed by atoms with van der Waals surface area (Å²) in [6, 6.07) is 12.3. The molecule has 2 aromatic rings. The Morgan fingerprint density at radius 2 is 1.82 bits per heavy atom. The summed E-state index contributed by atoms with van der Waals surface area (Å²) in [6.07, 6.45) is 8.29. The Balaban J connectivity index is 1.69. The number of fused-ring (bicyclic) bond motifs is 1.